The van der Waals surface area contributed by atoms with Gasteiger partial charge >= 0.3 is 12.1 Å². The molecule has 0 bridgehead atoms. The molecular formula is C22H33F3O3. The Labute approximate surface area is 166 Å². The summed E-state index contributed by atoms with van der Waals surface area (Å²) in [6, 6.07) is 4.79. The van der Waals surface area contributed by atoms with Crippen LogP contribution in [0.3, 0.4) is 0 Å². The maximum Gasteiger partial charge on any atom is 0.416 e. The van der Waals surface area contributed by atoms with E-state index in [0.717, 1.165) is 31.4 Å². The minimum absolute atomic E-state index is 0.0857. The monoisotopic (exact) mass is 402 g/mol. The standard InChI is InChI=1S/C22H33F3O3/c1-2-3-4-5-6-7-8-9-10-11-20(16-21(26)27)28-17-18-12-14-19(15-13-18)22(23,24)25/h12-15,20H,2-11,16-17H2,1H3,(H,26,27)/t20-/m1/s1. The predicted molar refractivity (Wildman–Crippen MR) is 104 cm³/mol. The number of hydrogen-bond donors (Lipinski definition) is 1. The molecule has 1 rings (SSSR count). The quantitative estimate of drug-likeness (QED) is 0.322. The summed E-state index contributed by atoms with van der Waals surface area (Å²) in [7, 11) is 0. The largest absolute Gasteiger partial charge is 0.481 e. The van der Waals surface area contributed by atoms with E-state index in [1.807, 2.05) is 0 Å². The number of benzene rings is 1. The second-order valence-electron chi connectivity index (χ2n) is 7.34. The number of unbranched alkanes of at least 4 members (excludes halogenated alkanes) is 8. The van der Waals surface area contributed by atoms with Crippen LogP contribution in [0.1, 0.15) is 88.7 Å². The number of hydrogen-bond acceptors (Lipinski definition) is 2. The van der Waals surface area contributed by atoms with E-state index in [1.54, 1.807) is 0 Å². The highest BCUT2D eigenvalue weighted by Crippen LogP contribution is 2.29. The van der Waals surface area contributed by atoms with E-state index in [4.69, 9.17) is 9.84 Å². The number of carboxylic acid groups (broad SMARTS) is 1. The number of ether oxygens (including phenoxy) is 1. The van der Waals surface area contributed by atoms with Crippen molar-refractivity contribution in [3.05, 3.63) is 35.4 Å². The van der Waals surface area contributed by atoms with Gasteiger partial charge in [-0.15, -0.1) is 0 Å². The molecule has 0 heterocycles. The molecule has 0 amide bonds. The highest BCUT2D eigenvalue weighted by atomic mass is 19.4. The maximum absolute atomic E-state index is 12.6. The number of halogens is 3. The number of carbonyl (C=O) groups is 1. The Bertz CT molecular complexity index is 541. The molecule has 0 saturated heterocycles. The first-order chi connectivity index (χ1) is 13.3. The van der Waals surface area contributed by atoms with Gasteiger partial charge in [-0.25, -0.2) is 0 Å². The molecule has 0 spiro atoms. The lowest BCUT2D eigenvalue weighted by atomic mass is 10.0. The topological polar surface area (TPSA) is 46.5 Å². The van der Waals surface area contributed by atoms with E-state index >= 15 is 0 Å². The number of aliphatic carboxylic acids is 1. The second-order valence-corrected chi connectivity index (χ2v) is 7.34. The van der Waals surface area contributed by atoms with Crippen molar-refractivity contribution in [1.82, 2.24) is 0 Å². The molecule has 3 nitrogen and oxygen atoms in total. The molecule has 160 valence electrons. The van der Waals surface area contributed by atoms with Crippen molar-refractivity contribution >= 4 is 5.97 Å². The molecule has 0 aromatic heterocycles. The molecular weight excluding hydrogens is 369 g/mol. The molecule has 6 heteroatoms. The van der Waals surface area contributed by atoms with Crippen LogP contribution in [0, 0.1) is 0 Å². The van der Waals surface area contributed by atoms with E-state index in [9.17, 15) is 18.0 Å². The van der Waals surface area contributed by atoms with Crippen LogP contribution < -0.4 is 0 Å². The highest BCUT2D eigenvalue weighted by molar-refractivity contribution is 5.67. The van der Waals surface area contributed by atoms with E-state index in [-0.39, 0.29) is 13.0 Å². The molecule has 1 aromatic carbocycles. The molecule has 0 aliphatic heterocycles. The Morgan fingerprint density at radius 3 is 2.00 bits per heavy atom. The van der Waals surface area contributed by atoms with Gasteiger partial charge in [0.25, 0.3) is 0 Å². The average Bonchev–Trinajstić information content (AvgIpc) is 2.63. The zero-order chi connectivity index (χ0) is 20.8. The minimum Gasteiger partial charge on any atom is -0.481 e. The van der Waals surface area contributed by atoms with Gasteiger partial charge in [-0.05, 0) is 24.1 Å². The van der Waals surface area contributed by atoms with Gasteiger partial charge in [0.2, 0.25) is 0 Å². The zero-order valence-corrected chi connectivity index (χ0v) is 16.8. The third-order valence-electron chi connectivity index (χ3n) is 4.80. The van der Waals surface area contributed by atoms with E-state index in [1.165, 1.54) is 50.7 Å². The molecule has 0 radical (unpaired) electrons. The lowest BCUT2D eigenvalue weighted by molar-refractivity contribution is -0.141. The summed E-state index contributed by atoms with van der Waals surface area (Å²) < 4.78 is 43.4. The molecule has 1 N–H and O–H groups in total. The van der Waals surface area contributed by atoms with E-state index in [0.29, 0.717) is 12.0 Å². The van der Waals surface area contributed by atoms with Crippen molar-refractivity contribution in [2.45, 2.75) is 96.4 Å². The summed E-state index contributed by atoms with van der Waals surface area (Å²) in [5, 5.41) is 9.05. The first kappa shape index (κ1) is 24.5. The van der Waals surface area contributed by atoms with Crippen LogP contribution >= 0.6 is 0 Å². The van der Waals surface area contributed by atoms with Gasteiger partial charge in [-0.3, -0.25) is 4.79 Å². The third kappa shape index (κ3) is 11.3. The van der Waals surface area contributed by atoms with Crippen molar-refractivity contribution < 1.29 is 27.8 Å². The normalized spacial score (nSPS) is 12.9. The van der Waals surface area contributed by atoms with Gasteiger partial charge < -0.3 is 9.84 Å². The summed E-state index contributed by atoms with van der Waals surface area (Å²) in [6.07, 6.45) is 6.48. The Balaban J connectivity index is 2.30. The van der Waals surface area contributed by atoms with Crippen molar-refractivity contribution in [2.24, 2.45) is 0 Å². The molecule has 0 aliphatic carbocycles. The summed E-state index contributed by atoms with van der Waals surface area (Å²) in [5.41, 5.74) is -0.0940. The second kappa shape index (κ2) is 13.6. The van der Waals surface area contributed by atoms with Crippen LogP contribution in [0.15, 0.2) is 24.3 Å². The number of alkyl halides is 3. The smallest absolute Gasteiger partial charge is 0.416 e. The summed E-state index contributed by atoms with van der Waals surface area (Å²) in [6.45, 7) is 2.32. The Kier molecular flexibility index (Phi) is 11.9. The van der Waals surface area contributed by atoms with Gasteiger partial charge in [0.15, 0.2) is 0 Å². The Morgan fingerprint density at radius 2 is 1.50 bits per heavy atom. The molecule has 0 aliphatic rings. The Morgan fingerprint density at radius 1 is 0.964 bits per heavy atom. The summed E-state index contributed by atoms with van der Waals surface area (Å²) in [4.78, 5) is 11.0. The molecule has 0 unspecified atom stereocenters. The minimum atomic E-state index is -4.36. The van der Waals surface area contributed by atoms with E-state index in [2.05, 4.69) is 6.92 Å². The number of carboxylic acids is 1. The fourth-order valence-electron chi connectivity index (χ4n) is 3.13. The fraction of sp³-hybridized carbons (Fsp3) is 0.682. The van der Waals surface area contributed by atoms with Crippen LogP contribution in [-0.2, 0) is 22.3 Å². The van der Waals surface area contributed by atoms with Gasteiger partial charge in [-0.1, -0.05) is 76.8 Å². The van der Waals surface area contributed by atoms with Crippen LogP contribution in [0.25, 0.3) is 0 Å². The summed E-state index contributed by atoms with van der Waals surface area (Å²) >= 11 is 0. The highest BCUT2D eigenvalue weighted by Gasteiger charge is 2.29. The molecule has 1 atom stereocenters. The fourth-order valence-corrected chi connectivity index (χ4v) is 3.13. The average molecular weight is 402 g/mol. The van der Waals surface area contributed by atoms with Crippen LogP contribution in [0.4, 0.5) is 13.2 Å². The molecule has 1 aromatic rings. The van der Waals surface area contributed by atoms with E-state index < -0.39 is 23.8 Å². The number of rotatable bonds is 15. The predicted octanol–water partition coefficient (Wildman–Crippen LogP) is 6.99. The van der Waals surface area contributed by atoms with Gasteiger partial charge in [0, 0.05) is 0 Å². The van der Waals surface area contributed by atoms with Gasteiger partial charge in [-0.2, -0.15) is 13.2 Å². The molecule has 0 fully saturated rings. The lowest BCUT2D eigenvalue weighted by Gasteiger charge is -2.16. The first-order valence-corrected chi connectivity index (χ1v) is 10.3. The third-order valence-corrected chi connectivity index (χ3v) is 4.80. The zero-order valence-electron chi connectivity index (χ0n) is 16.8. The van der Waals surface area contributed by atoms with Crippen LogP contribution in [-0.4, -0.2) is 17.2 Å². The summed E-state index contributed by atoms with van der Waals surface area (Å²) in [5.74, 6) is -0.923. The van der Waals surface area contributed by atoms with Crippen molar-refractivity contribution in [2.75, 3.05) is 0 Å². The SMILES string of the molecule is CCCCCCCCCCC[C@H](CC(=O)O)OCc1ccc(C(F)(F)F)cc1. The lowest BCUT2D eigenvalue weighted by Crippen LogP contribution is -2.17. The van der Waals surface area contributed by atoms with Crippen molar-refractivity contribution in [3.8, 4) is 0 Å². The van der Waals surface area contributed by atoms with Gasteiger partial charge in [0.1, 0.15) is 0 Å². The van der Waals surface area contributed by atoms with Crippen LogP contribution in [0.5, 0.6) is 0 Å². The van der Waals surface area contributed by atoms with Gasteiger partial charge in [0.05, 0.1) is 24.7 Å². The first-order valence-electron chi connectivity index (χ1n) is 10.3. The van der Waals surface area contributed by atoms with Crippen LogP contribution in [0.2, 0.25) is 0 Å². The Hall–Kier alpha value is -1.56. The maximum atomic E-state index is 12.6. The van der Waals surface area contributed by atoms with Crippen molar-refractivity contribution in [3.63, 3.8) is 0 Å². The molecule has 0 saturated carbocycles. The van der Waals surface area contributed by atoms with Crippen molar-refractivity contribution in [1.29, 1.82) is 0 Å². The molecule has 28 heavy (non-hydrogen) atoms.